The van der Waals surface area contributed by atoms with Gasteiger partial charge in [-0.3, -0.25) is 14.4 Å². The molecule has 2 rings (SSSR count). The number of rotatable bonds is 6. The van der Waals surface area contributed by atoms with Crippen LogP contribution in [0, 0.1) is 11.8 Å². The number of nitrogens with one attached hydrogen (secondary N) is 1. The Morgan fingerprint density at radius 2 is 1.94 bits per heavy atom. The molecule has 3 N–H and O–H groups in total. The molecule has 16 heavy (non-hydrogen) atoms. The third-order valence-corrected chi connectivity index (χ3v) is 3.19. The highest BCUT2D eigenvalue weighted by molar-refractivity contribution is 6.39. The van der Waals surface area contributed by atoms with Gasteiger partial charge in [0.15, 0.2) is 0 Å². The van der Waals surface area contributed by atoms with Gasteiger partial charge in [0.2, 0.25) is 11.7 Å². The molecule has 2 fully saturated rings. The second-order valence-corrected chi connectivity index (χ2v) is 4.66. The van der Waals surface area contributed by atoms with Gasteiger partial charge in [0.25, 0.3) is 5.91 Å². The molecule has 2 saturated carbocycles. The lowest BCUT2D eigenvalue weighted by Crippen LogP contribution is -2.34. The van der Waals surface area contributed by atoms with E-state index in [1.54, 1.807) is 0 Å². The van der Waals surface area contributed by atoms with E-state index in [2.05, 4.69) is 5.32 Å². The Balaban J connectivity index is 1.74. The largest absolute Gasteiger partial charge is 0.369 e. The van der Waals surface area contributed by atoms with Gasteiger partial charge in [-0.15, -0.1) is 0 Å². The number of nitrogens with two attached hydrogens (primary N) is 1. The zero-order chi connectivity index (χ0) is 11.8. The first kappa shape index (κ1) is 11.1. The lowest BCUT2D eigenvalue weighted by Gasteiger charge is -2.08. The van der Waals surface area contributed by atoms with E-state index in [1.165, 1.54) is 6.42 Å². The van der Waals surface area contributed by atoms with Crippen molar-refractivity contribution in [1.82, 2.24) is 5.32 Å². The quantitative estimate of drug-likeness (QED) is 0.605. The number of hydrogen-bond donors (Lipinski definition) is 2. The maximum absolute atomic E-state index is 11.4. The Morgan fingerprint density at radius 1 is 1.31 bits per heavy atom. The molecule has 0 bridgehead atoms. The first-order chi connectivity index (χ1) is 7.53. The second kappa shape index (κ2) is 3.88. The third-order valence-electron chi connectivity index (χ3n) is 3.19. The van der Waals surface area contributed by atoms with Crippen LogP contribution < -0.4 is 11.1 Å². The molecule has 1 radical (unpaired) electrons. The molecule has 0 spiro atoms. The van der Waals surface area contributed by atoms with Crippen LogP contribution in [0.2, 0.25) is 0 Å². The second-order valence-electron chi connectivity index (χ2n) is 4.66. The van der Waals surface area contributed by atoms with E-state index in [-0.39, 0.29) is 11.9 Å². The van der Waals surface area contributed by atoms with Crippen molar-refractivity contribution in [2.24, 2.45) is 11.1 Å². The van der Waals surface area contributed by atoms with E-state index in [4.69, 9.17) is 5.73 Å². The van der Waals surface area contributed by atoms with E-state index < -0.39 is 17.1 Å². The molecule has 0 saturated heterocycles. The zero-order valence-electron chi connectivity index (χ0n) is 8.99. The lowest BCUT2D eigenvalue weighted by molar-refractivity contribution is -0.136. The van der Waals surface area contributed by atoms with Gasteiger partial charge in [0, 0.05) is 17.9 Å². The molecule has 0 aromatic heterocycles. The summed E-state index contributed by atoms with van der Waals surface area (Å²) in [5, 5.41) is 2.60. The predicted octanol–water partition coefficient (Wildman–Crippen LogP) is -0.306. The molecule has 0 atom stereocenters. The van der Waals surface area contributed by atoms with Gasteiger partial charge >= 0.3 is 0 Å². The SMILES string of the molecule is NC(=O)C1(C[CH]C(=O)C(=O)NC2CC2)CC1. The summed E-state index contributed by atoms with van der Waals surface area (Å²) in [6.07, 6.45) is 4.91. The fourth-order valence-electron chi connectivity index (χ4n) is 1.57. The van der Waals surface area contributed by atoms with Gasteiger partial charge in [-0.1, -0.05) is 0 Å². The molecule has 0 aliphatic heterocycles. The van der Waals surface area contributed by atoms with Crippen LogP contribution in [0.15, 0.2) is 0 Å². The average Bonchev–Trinajstić information content (AvgIpc) is 3.08. The Morgan fingerprint density at radius 3 is 2.38 bits per heavy atom. The highest BCUT2D eigenvalue weighted by atomic mass is 16.2. The van der Waals surface area contributed by atoms with Crippen LogP contribution in [0.5, 0.6) is 0 Å². The van der Waals surface area contributed by atoms with Crippen molar-refractivity contribution >= 4 is 17.6 Å². The zero-order valence-corrected chi connectivity index (χ0v) is 8.99. The highest BCUT2D eigenvalue weighted by Gasteiger charge is 2.48. The monoisotopic (exact) mass is 223 g/mol. The van der Waals surface area contributed by atoms with Crippen LogP contribution in [0.25, 0.3) is 0 Å². The molecule has 5 nitrogen and oxygen atoms in total. The minimum Gasteiger partial charge on any atom is -0.369 e. The summed E-state index contributed by atoms with van der Waals surface area (Å²) in [5.41, 5.74) is 4.67. The van der Waals surface area contributed by atoms with Crippen LogP contribution >= 0.6 is 0 Å². The van der Waals surface area contributed by atoms with Crippen LogP contribution in [0.4, 0.5) is 0 Å². The maximum atomic E-state index is 11.4. The molecule has 87 valence electrons. The van der Waals surface area contributed by atoms with E-state index >= 15 is 0 Å². The smallest absolute Gasteiger partial charge is 0.287 e. The fourth-order valence-corrected chi connectivity index (χ4v) is 1.57. The van der Waals surface area contributed by atoms with Gasteiger partial charge in [-0.2, -0.15) is 0 Å². The summed E-state index contributed by atoms with van der Waals surface area (Å²) in [7, 11) is 0. The molecule has 0 unspecified atom stereocenters. The number of primary amides is 1. The van der Waals surface area contributed by atoms with Gasteiger partial charge < -0.3 is 11.1 Å². The molecule has 0 aromatic rings. The minimum atomic E-state index is -0.567. The molecule has 0 heterocycles. The number of hydrogen-bond acceptors (Lipinski definition) is 3. The molecule has 2 aliphatic rings. The van der Waals surface area contributed by atoms with Crippen LogP contribution in [0.1, 0.15) is 32.1 Å². The number of amides is 2. The number of ketones is 1. The van der Waals surface area contributed by atoms with Crippen molar-refractivity contribution in [3.8, 4) is 0 Å². The van der Waals surface area contributed by atoms with Crippen molar-refractivity contribution in [2.45, 2.75) is 38.1 Å². The summed E-state index contributed by atoms with van der Waals surface area (Å²) < 4.78 is 0. The fraction of sp³-hybridized carbons (Fsp3) is 0.636. The normalized spacial score (nSPS) is 21.2. The van der Waals surface area contributed by atoms with E-state index in [1.807, 2.05) is 0 Å². The number of Topliss-reactive ketones (excluding diaryl/α,β-unsaturated/α-hetero) is 1. The van der Waals surface area contributed by atoms with Gasteiger partial charge in [-0.25, -0.2) is 0 Å². The molecular weight excluding hydrogens is 208 g/mol. The van der Waals surface area contributed by atoms with Crippen molar-refractivity contribution in [3.63, 3.8) is 0 Å². The van der Waals surface area contributed by atoms with Crippen molar-refractivity contribution in [3.05, 3.63) is 6.42 Å². The summed E-state index contributed by atoms with van der Waals surface area (Å²) in [4.78, 5) is 33.7. The standard InChI is InChI=1S/C11H15N2O3/c12-10(16)11(5-6-11)4-3-8(14)9(15)13-7-1-2-7/h3,7H,1-2,4-6H2,(H2,12,16)(H,13,15). The third kappa shape index (κ3) is 2.40. The Hall–Kier alpha value is -1.39. The van der Waals surface area contributed by atoms with Gasteiger partial charge in [0.05, 0.1) is 0 Å². The van der Waals surface area contributed by atoms with Gasteiger partial charge in [0.1, 0.15) is 0 Å². The van der Waals surface area contributed by atoms with E-state index in [0.29, 0.717) is 6.42 Å². The summed E-state index contributed by atoms with van der Waals surface area (Å²) in [6.45, 7) is 0. The number of carbonyl (C=O) groups excluding carboxylic acids is 3. The summed E-state index contributed by atoms with van der Waals surface area (Å²) in [6, 6.07) is 0.177. The lowest BCUT2D eigenvalue weighted by atomic mass is 9.98. The van der Waals surface area contributed by atoms with Gasteiger partial charge in [-0.05, 0) is 32.1 Å². The molecular formula is C11H15N2O3. The minimum absolute atomic E-state index is 0.177. The summed E-state index contributed by atoms with van der Waals surface area (Å²) in [5.74, 6) is -1.50. The van der Waals surface area contributed by atoms with E-state index in [9.17, 15) is 14.4 Å². The predicted molar refractivity (Wildman–Crippen MR) is 56.0 cm³/mol. The van der Waals surface area contributed by atoms with Crippen molar-refractivity contribution in [2.75, 3.05) is 0 Å². The highest BCUT2D eigenvalue weighted by Crippen LogP contribution is 2.49. The molecule has 0 aromatic carbocycles. The van der Waals surface area contributed by atoms with Crippen LogP contribution in [0.3, 0.4) is 0 Å². The maximum Gasteiger partial charge on any atom is 0.287 e. The number of carbonyl (C=O) groups is 3. The average molecular weight is 223 g/mol. The Kier molecular flexibility index (Phi) is 2.69. The van der Waals surface area contributed by atoms with Crippen molar-refractivity contribution in [1.29, 1.82) is 0 Å². The van der Waals surface area contributed by atoms with Crippen LogP contribution in [-0.4, -0.2) is 23.6 Å². The first-order valence-electron chi connectivity index (χ1n) is 5.51. The summed E-state index contributed by atoms with van der Waals surface area (Å²) >= 11 is 0. The topological polar surface area (TPSA) is 89.3 Å². The van der Waals surface area contributed by atoms with Crippen molar-refractivity contribution < 1.29 is 14.4 Å². The first-order valence-corrected chi connectivity index (χ1v) is 5.51. The molecule has 5 heteroatoms. The van der Waals surface area contributed by atoms with Crippen LogP contribution in [-0.2, 0) is 14.4 Å². The Labute approximate surface area is 93.8 Å². The van der Waals surface area contributed by atoms with E-state index in [0.717, 1.165) is 25.7 Å². The molecule has 2 aliphatic carbocycles. The molecule has 2 amide bonds. The Bertz CT molecular complexity index is 343.